The molecule has 3 nitrogen and oxygen atoms in total. The molecule has 1 aromatic rings. The van der Waals surface area contributed by atoms with Gasteiger partial charge in [0.25, 0.3) is 0 Å². The number of nitrogens with zero attached hydrogens (tertiary/aromatic N) is 1. The minimum Gasteiger partial charge on any atom is -0.400 e. The Kier molecular flexibility index (Phi) is 5.78. The topological polar surface area (TPSA) is 64.4 Å². The van der Waals surface area contributed by atoms with Gasteiger partial charge in [-0.2, -0.15) is 0 Å². The Hall–Kier alpha value is -1.42. The van der Waals surface area contributed by atoms with Crippen LogP contribution < -0.4 is 11.5 Å². The van der Waals surface area contributed by atoms with Crippen molar-refractivity contribution in [1.82, 2.24) is 0 Å². The Morgan fingerprint density at radius 1 is 1.33 bits per heavy atom. The molecule has 0 amide bonds. The normalized spacial score (nSPS) is 13.4. The van der Waals surface area contributed by atoms with E-state index in [9.17, 15) is 0 Å². The Labute approximate surface area is 113 Å². The maximum atomic E-state index is 6.11. The van der Waals surface area contributed by atoms with Crippen LogP contribution in [0.15, 0.2) is 40.0 Å². The zero-order valence-electron chi connectivity index (χ0n) is 11.2. The summed E-state index contributed by atoms with van der Waals surface area (Å²) in [5.74, 6) is 0.617. The number of hydrogen-bond donors (Lipinski definition) is 2. The molecule has 1 rings (SSSR count). The predicted molar refractivity (Wildman–Crippen MR) is 81.5 cm³/mol. The summed E-state index contributed by atoms with van der Waals surface area (Å²) in [4.78, 5) is 4.34. The fraction of sp³-hybridized carbons (Fsp3) is 0.357. The number of amidine groups is 1. The first-order chi connectivity index (χ1) is 8.56. The van der Waals surface area contributed by atoms with E-state index < -0.39 is 0 Å². The van der Waals surface area contributed by atoms with Gasteiger partial charge in [0, 0.05) is 18.5 Å². The van der Waals surface area contributed by atoms with E-state index >= 15 is 0 Å². The number of rotatable bonds is 5. The van der Waals surface area contributed by atoms with Gasteiger partial charge in [0.1, 0.15) is 10.9 Å². The number of nitrogens with two attached hydrogens (primary N) is 2. The second-order valence-corrected chi connectivity index (χ2v) is 4.95. The predicted octanol–water partition coefficient (Wildman–Crippen LogP) is 2.80. The maximum absolute atomic E-state index is 6.11. The molecule has 98 valence electrons. The van der Waals surface area contributed by atoms with Gasteiger partial charge >= 0.3 is 0 Å². The number of thioether (sulfide) groups is 1. The zero-order chi connectivity index (χ0) is 13.5. The molecular weight excluding hydrogens is 242 g/mol. The third kappa shape index (κ3) is 4.45. The lowest BCUT2D eigenvalue weighted by Crippen LogP contribution is -2.11. The first kappa shape index (κ1) is 14.6. The van der Waals surface area contributed by atoms with E-state index in [1.54, 1.807) is 0 Å². The molecule has 4 heteroatoms. The Morgan fingerprint density at radius 3 is 2.61 bits per heavy atom. The highest BCUT2D eigenvalue weighted by Gasteiger charge is 2.04. The van der Waals surface area contributed by atoms with E-state index in [4.69, 9.17) is 11.5 Å². The Morgan fingerprint density at radius 2 is 2.06 bits per heavy atom. The Bertz CT molecular complexity index is 464. The summed E-state index contributed by atoms with van der Waals surface area (Å²) in [6, 6.07) is 8.33. The van der Waals surface area contributed by atoms with E-state index in [0.29, 0.717) is 12.3 Å². The standard InChI is InChI=1S/C14H21N3S/c1-4-13(16)17-14(18-3)12(15)9-11-7-5-6-10(2)8-11/h5-8H,4,9,15H2,1-3H3,(H2,16,17)/b14-12+. The van der Waals surface area contributed by atoms with Crippen molar-refractivity contribution in [2.24, 2.45) is 16.5 Å². The zero-order valence-corrected chi connectivity index (χ0v) is 12.1. The van der Waals surface area contributed by atoms with E-state index in [1.807, 2.05) is 19.2 Å². The molecule has 0 unspecified atom stereocenters. The molecule has 0 aromatic heterocycles. The van der Waals surface area contributed by atoms with E-state index in [0.717, 1.165) is 17.1 Å². The molecule has 0 spiro atoms. The van der Waals surface area contributed by atoms with Crippen LogP contribution in [0.1, 0.15) is 24.5 Å². The van der Waals surface area contributed by atoms with Crippen LogP contribution in [0.25, 0.3) is 0 Å². The maximum Gasteiger partial charge on any atom is 0.117 e. The van der Waals surface area contributed by atoms with E-state index in [1.165, 1.54) is 22.9 Å². The van der Waals surface area contributed by atoms with Crippen molar-refractivity contribution in [2.75, 3.05) is 6.26 Å². The summed E-state index contributed by atoms with van der Waals surface area (Å²) in [7, 11) is 0. The molecule has 4 N–H and O–H groups in total. The minimum atomic E-state index is 0.617. The molecule has 0 bridgehead atoms. The van der Waals surface area contributed by atoms with Crippen molar-refractivity contribution in [2.45, 2.75) is 26.7 Å². The summed E-state index contributed by atoms with van der Waals surface area (Å²) in [6.07, 6.45) is 3.41. The van der Waals surface area contributed by atoms with Gasteiger partial charge in [-0.15, -0.1) is 11.8 Å². The summed E-state index contributed by atoms with van der Waals surface area (Å²) >= 11 is 1.53. The molecular formula is C14H21N3S. The molecule has 0 fully saturated rings. The van der Waals surface area contributed by atoms with Gasteiger partial charge in [0.2, 0.25) is 0 Å². The Balaban J connectivity index is 2.93. The number of allylic oxidation sites excluding steroid dienone is 1. The number of aliphatic imine (C=N–C) groups is 1. The lowest BCUT2D eigenvalue weighted by atomic mass is 10.1. The van der Waals surface area contributed by atoms with Gasteiger partial charge in [0.15, 0.2) is 0 Å². The summed E-state index contributed by atoms with van der Waals surface area (Å²) < 4.78 is 0. The quantitative estimate of drug-likeness (QED) is 0.634. The van der Waals surface area contributed by atoms with E-state index in [2.05, 4.69) is 30.1 Å². The highest BCUT2D eigenvalue weighted by atomic mass is 32.2. The van der Waals surface area contributed by atoms with Gasteiger partial charge in [-0.3, -0.25) is 0 Å². The average molecular weight is 263 g/mol. The highest BCUT2D eigenvalue weighted by Crippen LogP contribution is 2.19. The largest absolute Gasteiger partial charge is 0.400 e. The monoisotopic (exact) mass is 263 g/mol. The van der Waals surface area contributed by atoms with Crippen molar-refractivity contribution < 1.29 is 0 Å². The van der Waals surface area contributed by atoms with Crippen molar-refractivity contribution in [1.29, 1.82) is 0 Å². The van der Waals surface area contributed by atoms with Gasteiger partial charge in [-0.25, -0.2) is 4.99 Å². The molecule has 0 aliphatic heterocycles. The van der Waals surface area contributed by atoms with Gasteiger partial charge in [-0.1, -0.05) is 36.8 Å². The van der Waals surface area contributed by atoms with Gasteiger partial charge in [-0.05, 0) is 18.7 Å². The smallest absolute Gasteiger partial charge is 0.117 e. The van der Waals surface area contributed by atoms with Gasteiger partial charge in [0.05, 0.1) is 0 Å². The first-order valence-electron chi connectivity index (χ1n) is 5.98. The minimum absolute atomic E-state index is 0.617. The van der Waals surface area contributed by atoms with Crippen LogP contribution in [-0.4, -0.2) is 12.1 Å². The van der Waals surface area contributed by atoms with Crippen molar-refractivity contribution >= 4 is 17.6 Å². The van der Waals surface area contributed by atoms with Crippen LogP contribution in [0.3, 0.4) is 0 Å². The fourth-order valence-electron chi connectivity index (χ4n) is 1.58. The first-order valence-corrected chi connectivity index (χ1v) is 7.20. The summed E-state index contributed by atoms with van der Waals surface area (Å²) in [5, 5.41) is 0.816. The summed E-state index contributed by atoms with van der Waals surface area (Å²) in [6.45, 7) is 4.06. The van der Waals surface area contributed by atoms with Crippen molar-refractivity contribution in [3.8, 4) is 0 Å². The highest BCUT2D eigenvalue weighted by molar-refractivity contribution is 8.02. The molecule has 0 aliphatic carbocycles. The van der Waals surface area contributed by atoms with Crippen LogP contribution in [0.4, 0.5) is 0 Å². The third-order valence-corrected chi connectivity index (χ3v) is 3.29. The average Bonchev–Trinajstić information content (AvgIpc) is 2.35. The second-order valence-electron chi connectivity index (χ2n) is 4.16. The molecule has 0 saturated carbocycles. The lowest BCUT2D eigenvalue weighted by molar-refractivity contribution is 1.08. The van der Waals surface area contributed by atoms with Gasteiger partial charge < -0.3 is 11.5 Å². The number of hydrogen-bond acceptors (Lipinski definition) is 3. The van der Waals surface area contributed by atoms with Crippen LogP contribution in [0.2, 0.25) is 0 Å². The van der Waals surface area contributed by atoms with Crippen molar-refractivity contribution in [3.63, 3.8) is 0 Å². The van der Waals surface area contributed by atoms with Crippen LogP contribution in [-0.2, 0) is 6.42 Å². The molecule has 0 atom stereocenters. The molecule has 0 radical (unpaired) electrons. The van der Waals surface area contributed by atoms with E-state index in [-0.39, 0.29) is 0 Å². The second kappa shape index (κ2) is 7.11. The molecule has 0 heterocycles. The van der Waals surface area contributed by atoms with Crippen molar-refractivity contribution in [3.05, 3.63) is 46.1 Å². The molecule has 0 saturated heterocycles. The number of aryl methyl sites for hydroxylation is 1. The fourth-order valence-corrected chi connectivity index (χ4v) is 2.12. The SMILES string of the molecule is CC/C(N)=N/C(SC)=C(\N)Cc1cccc(C)c1. The molecule has 0 aliphatic rings. The van der Waals surface area contributed by atoms with Crippen LogP contribution in [0, 0.1) is 6.92 Å². The molecule has 18 heavy (non-hydrogen) atoms. The lowest BCUT2D eigenvalue weighted by Gasteiger charge is -2.07. The van der Waals surface area contributed by atoms with Crippen LogP contribution >= 0.6 is 11.8 Å². The number of benzene rings is 1. The molecule has 1 aromatic carbocycles. The summed E-state index contributed by atoms with van der Waals surface area (Å²) in [5.41, 5.74) is 15.1. The van der Waals surface area contributed by atoms with Crippen LogP contribution in [0.5, 0.6) is 0 Å². The third-order valence-electron chi connectivity index (χ3n) is 2.55.